The van der Waals surface area contributed by atoms with Crippen molar-refractivity contribution in [1.82, 2.24) is 4.31 Å². The number of sulfonamides is 1. The van der Waals surface area contributed by atoms with Crippen molar-refractivity contribution in [2.75, 3.05) is 19.0 Å². The summed E-state index contributed by atoms with van der Waals surface area (Å²) >= 11 is 6.81. The van der Waals surface area contributed by atoms with Gasteiger partial charge in [0.25, 0.3) is 0 Å². The van der Waals surface area contributed by atoms with Gasteiger partial charge in [0.15, 0.2) is 0 Å². The molecule has 2 aliphatic heterocycles. The summed E-state index contributed by atoms with van der Waals surface area (Å²) in [5.74, 6) is 0.265. The number of halogens is 1. The quantitative estimate of drug-likeness (QED) is 0.800. The predicted octanol–water partition coefficient (Wildman–Crippen LogP) is 2.43. The van der Waals surface area contributed by atoms with Crippen LogP contribution < -0.4 is 0 Å². The second-order valence-corrected chi connectivity index (χ2v) is 7.62. The molecule has 2 unspecified atom stereocenters. The number of fused-ring (bicyclic) bond motifs is 1. The molecule has 114 valence electrons. The molecule has 6 nitrogen and oxygen atoms in total. The summed E-state index contributed by atoms with van der Waals surface area (Å²) in [6.07, 6.45) is -0.287. The fourth-order valence-corrected chi connectivity index (χ4v) is 4.93. The Morgan fingerprint density at radius 1 is 1.48 bits per heavy atom. The topological polar surface area (TPSA) is 71.3 Å². The van der Waals surface area contributed by atoms with E-state index in [2.05, 4.69) is 8.73 Å². The van der Waals surface area contributed by atoms with Gasteiger partial charge in [-0.15, -0.1) is 11.6 Å². The molecule has 1 aromatic rings. The van der Waals surface area contributed by atoms with Gasteiger partial charge in [-0.2, -0.15) is 13.0 Å². The third-order valence-electron chi connectivity index (χ3n) is 3.46. The Labute approximate surface area is 132 Å². The number of morpholine rings is 1. The van der Waals surface area contributed by atoms with Gasteiger partial charge in [-0.25, -0.2) is 8.42 Å². The zero-order valence-corrected chi connectivity index (χ0v) is 13.7. The second kappa shape index (κ2) is 5.77. The number of hydrogen-bond donors (Lipinski definition) is 0. The molecule has 0 spiro atoms. The minimum Gasteiger partial charge on any atom is -0.374 e. The molecule has 0 radical (unpaired) electrons. The van der Waals surface area contributed by atoms with E-state index in [1.165, 1.54) is 4.31 Å². The Kier molecular flexibility index (Phi) is 4.15. The highest BCUT2D eigenvalue weighted by molar-refractivity contribution is 7.89. The average Bonchev–Trinajstić information content (AvgIpc) is 2.95. The number of nitrogens with zero attached hydrogens (tertiary/aromatic N) is 3. The van der Waals surface area contributed by atoms with E-state index in [1.807, 2.05) is 6.92 Å². The highest BCUT2D eigenvalue weighted by Crippen LogP contribution is 2.39. The number of rotatable bonds is 3. The van der Waals surface area contributed by atoms with Crippen molar-refractivity contribution in [1.29, 1.82) is 0 Å². The summed E-state index contributed by atoms with van der Waals surface area (Å²) in [5.41, 5.74) is 1.01. The molecule has 0 N–H and O–H groups in total. The Hall–Kier alpha value is -0.800. The van der Waals surface area contributed by atoms with Crippen molar-refractivity contribution >= 4 is 44.4 Å². The highest BCUT2D eigenvalue weighted by Gasteiger charge is 2.37. The smallest absolute Gasteiger partial charge is 0.245 e. The van der Waals surface area contributed by atoms with Gasteiger partial charge < -0.3 is 4.74 Å². The van der Waals surface area contributed by atoms with Crippen molar-refractivity contribution in [3.8, 4) is 0 Å². The molecule has 21 heavy (non-hydrogen) atoms. The van der Waals surface area contributed by atoms with Crippen LogP contribution in [-0.2, 0) is 26.1 Å². The Bertz CT molecular complexity index is 731. The molecule has 2 atom stereocenters. The molecular weight excluding hydrogens is 334 g/mol. The molecule has 1 fully saturated rings. The lowest BCUT2D eigenvalue weighted by atomic mass is 10.2. The molecule has 1 saturated heterocycles. The Morgan fingerprint density at radius 3 is 3.05 bits per heavy atom. The maximum Gasteiger partial charge on any atom is 0.245 e. The lowest BCUT2D eigenvalue weighted by Gasteiger charge is -2.36. The van der Waals surface area contributed by atoms with Crippen LogP contribution in [-0.4, -0.2) is 43.9 Å². The van der Waals surface area contributed by atoms with Crippen LogP contribution in [0.2, 0.25) is 0 Å². The minimum absolute atomic E-state index is 0.191. The van der Waals surface area contributed by atoms with Gasteiger partial charge in [0, 0.05) is 18.5 Å². The first-order chi connectivity index (χ1) is 10.0. The lowest BCUT2D eigenvalue weighted by molar-refractivity contribution is -0.0152. The molecule has 3 rings (SSSR count). The van der Waals surface area contributed by atoms with Crippen molar-refractivity contribution < 1.29 is 13.2 Å². The van der Waals surface area contributed by atoms with Gasteiger partial charge in [0.05, 0.1) is 24.1 Å². The van der Waals surface area contributed by atoms with Crippen molar-refractivity contribution in [3.63, 3.8) is 0 Å². The van der Waals surface area contributed by atoms with Crippen LogP contribution >= 0.6 is 11.6 Å². The van der Waals surface area contributed by atoms with Crippen LogP contribution in [0.3, 0.4) is 0 Å². The van der Waals surface area contributed by atoms with Gasteiger partial charge in [-0.05, 0) is 19.1 Å². The molecule has 0 bridgehead atoms. The maximum atomic E-state index is 12.9. The monoisotopic (exact) mass is 347 g/mol. The van der Waals surface area contributed by atoms with Gasteiger partial charge in [-0.3, -0.25) is 0 Å². The summed E-state index contributed by atoms with van der Waals surface area (Å²) in [5, 5.41) is 0. The molecule has 2 aliphatic rings. The molecule has 9 heteroatoms. The largest absolute Gasteiger partial charge is 0.374 e. The van der Waals surface area contributed by atoms with Gasteiger partial charge >= 0.3 is 0 Å². The van der Waals surface area contributed by atoms with E-state index in [4.69, 9.17) is 16.3 Å². The first kappa shape index (κ1) is 15.1. The Balaban J connectivity index is 2.01. The van der Waals surface area contributed by atoms with E-state index in [9.17, 15) is 8.42 Å². The number of ether oxygens (including phenoxy) is 1. The first-order valence-electron chi connectivity index (χ1n) is 6.44. The number of alkyl halides is 1. The zero-order valence-electron chi connectivity index (χ0n) is 11.3. The first-order valence-corrected chi connectivity index (χ1v) is 9.15. The maximum absolute atomic E-state index is 12.9. The minimum atomic E-state index is -3.65. The standard InChI is InChI=1S/C12H14ClN3O3S2/c1-8-7-19-9(5-13)6-16(8)21(17,18)11-4-2-3-10-12(11)15-20-14-10/h2-4,8-9H,5-7H2,1H3. The second-order valence-electron chi connectivity index (χ2n) is 4.92. The van der Waals surface area contributed by atoms with E-state index in [0.717, 1.165) is 11.4 Å². The van der Waals surface area contributed by atoms with E-state index in [0.29, 0.717) is 18.0 Å². The SMILES string of the molecule is CC1COC(CCl)CN1S(=O)(=O)c1cccc2c1N=S=N2. The van der Waals surface area contributed by atoms with E-state index >= 15 is 0 Å². The van der Waals surface area contributed by atoms with Crippen LogP contribution in [0.4, 0.5) is 11.4 Å². The molecule has 0 amide bonds. The van der Waals surface area contributed by atoms with Crippen LogP contribution in [0.5, 0.6) is 0 Å². The van der Waals surface area contributed by atoms with Crippen molar-refractivity contribution in [2.45, 2.75) is 24.0 Å². The van der Waals surface area contributed by atoms with Crippen LogP contribution in [0.25, 0.3) is 0 Å². The van der Waals surface area contributed by atoms with Crippen molar-refractivity contribution in [3.05, 3.63) is 18.2 Å². The third-order valence-corrected chi connectivity index (χ3v) is 6.35. The van der Waals surface area contributed by atoms with E-state index in [1.54, 1.807) is 18.2 Å². The van der Waals surface area contributed by atoms with E-state index in [-0.39, 0.29) is 29.5 Å². The highest BCUT2D eigenvalue weighted by atomic mass is 35.5. The zero-order chi connectivity index (χ0) is 15.0. The molecular formula is C12H14ClN3O3S2. The molecule has 2 heterocycles. The molecule has 1 aromatic carbocycles. The fraction of sp³-hybridized carbons (Fsp3) is 0.500. The van der Waals surface area contributed by atoms with Crippen LogP contribution in [0.1, 0.15) is 6.92 Å². The summed E-state index contributed by atoms with van der Waals surface area (Å²) in [4.78, 5) is 0.191. The van der Waals surface area contributed by atoms with Gasteiger partial charge in [0.2, 0.25) is 10.0 Å². The number of hydrogen-bond acceptors (Lipinski definition) is 5. The normalized spacial score (nSPS) is 25.6. The van der Waals surface area contributed by atoms with Crippen molar-refractivity contribution in [2.24, 2.45) is 8.73 Å². The lowest BCUT2D eigenvalue weighted by Crippen LogP contribution is -2.51. The van der Waals surface area contributed by atoms with Gasteiger partial charge in [-0.1, -0.05) is 6.07 Å². The summed E-state index contributed by atoms with van der Waals surface area (Å²) in [7, 11) is -3.65. The van der Waals surface area contributed by atoms with Gasteiger partial charge in [0.1, 0.15) is 16.3 Å². The molecule has 0 aromatic heterocycles. The fourth-order valence-electron chi connectivity index (χ4n) is 2.34. The predicted molar refractivity (Wildman–Crippen MR) is 81.8 cm³/mol. The summed E-state index contributed by atoms with van der Waals surface area (Å²) in [6.45, 7) is 2.41. The van der Waals surface area contributed by atoms with Crippen LogP contribution in [0, 0.1) is 0 Å². The molecule has 0 aliphatic carbocycles. The Morgan fingerprint density at radius 2 is 2.29 bits per heavy atom. The number of benzene rings is 1. The summed E-state index contributed by atoms with van der Waals surface area (Å²) in [6, 6.07) is 4.76. The summed E-state index contributed by atoms with van der Waals surface area (Å²) < 4.78 is 41.0. The van der Waals surface area contributed by atoms with Crippen LogP contribution in [0.15, 0.2) is 31.8 Å². The third kappa shape index (κ3) is 2.66. The average molecular weight is 348 g/mol. The molecule has 0 saturated carbocycles. The van der Waals surface area contributed by atoms with E-state index < -0.39 is 10.0 Å².